The lowest BCUT2D eigenvalue weighted by atomic mass is 10.00. The zero-order valence-corrected chi connectivity index (χ0v) is 14.2. The number of fused-ring (bicyclic) bond motifs is 3. The molecule has 3 nitrogen and oxygen atoms in total. The Hall–Kier alpha value is -2.13. The fourth-order valence-corrected chi connectivity index (χ4v) is 3.36. The molecule has 3 N–H and O–H groups in total. The van der Waals surface area contributed by atoms with Crippen molar-refractivity contribution in [2.45, 2.75) is 38.5 Å². The summed E-state index contributed by atoms with van der Waals surface area (Å²) in [5.74, 6) is 0.151. The van der Waals surface area contributed by atoms with Crippen LogP contribution >= 0.6 is 0 Å². The molecule has 0 unspecified atom stereocenters. The molecule has 0 spiro atoms. The van der Waals surface area contributed by atoms with Crippen molar-refractivity contribution in [1.29, 1.82) is 0 Å². The molecule has 0 fully saturated rings. The van der Waals surface area contributed by atoms with Crippen LogP contribution in [0.3, 0.4) is 0 Å². The number of nitrogens with one attached hydrogen (secondary N) is 1. The van der Waals surface area contributed by atoms with Gasteiger partial charge in [0.25, 0.3) is 0 Å². The number of benzene rings is 2. The van der Waals surface area contributed by atoms with Crippen LogP contribution in [0.25, 0.3) is 11.1 Å². The quantitative estimate of drug-likeness (QED) is 0.624. The molecule has 0 heterocycles. The van der Waals surface area contributed by atoms with Crippen LogP contribution in [0.1, 0.15) is 42.4 Å². The van der Waals surface area contributed by atoms with Gasteiger partial charge in [0.1, 0.15) is 0 Å². The van der Waals surface area contributed by atoms with Gasteiger partial charge in [0.2, 0.25) is 5.91 Å². The molecule has 24 heavy (non-hydrogen) atoms. The van der Waals surface area contributed by atoms with E-state index in [9.17, 15) is 4.79 Å². The number of carbonyl (C=O) groups excluding carboxylic acids is 1. The van der Waals surface area contributed by atoms with Crippen molar-refractivity contribution in [2.75, 3.05) is 13.1 Å². The summed E-state index contributed by atoms with van der Waals surface area (Å²) < 4.78 is 0. The Bertz CT molecular complexity index is 709. The van der Waals surface area contributed by atoms with E-state index in [1.807, 2.05) is 0 Å². The first kappa shape index (κ1) is 16.7. The number of amides is 1. The van der Waals surface area contributed by atoms with Gasteiger partial charge in [-0.25, -0.2) is 0 Å². The van der Waals surface area contributed by atoms with Crippen LogP contribution in [0.15, 0.2) is 42.5 Å². The van der Waals surface area contributed by atoms with Gasteiger partial charge < -0.3 is 11.1 Å². The van der Waals surface area contributed by atoms with Gasteiger partial charge in [-0.05, 0) is 66.5 Å². The summed E-state index contributed by atoms with van der Waals surface area (Å²) >= 11 is 0. The largest absolute Gasteiger partial charge is 0.356 e. The number of carbonyl (C=O) groups is 1. The fourth-order valence-electron chi connectivity index (χ4n) is 3.36. The van der Waals surface area contributed by atoms with Crippen molar-refractivity contribution >= 4 is 5.91 Å². The standard InChI is InChI=1S/C21H26N2O/c22-12-3-4-13-23-21(24)9-5-6-16-10-11-18-15-17-7-1-2-8-19(17)20(18)14-16/h1-2,7-8,10-11,14H,3-6,9,12-13,15,22H2,(H,23,24). The van der Waals surface area contributed by atoms with Crippen LogP contribution in [-0.2, 0) is 17.6 Å². The molecule has 2 aromatic carbocycles. The van der Waals surface area contributed by atoms with Crippen molar-refractivity contribution in [3.05, 3.63) is 59.2 Å². The summed E-state index contributed by atoms with van der Waals surface area (Å²) in [6.07, 6.45) is 5.41. The Kier molecular flexibility index (Phi) is 5.65. The van der Waals surface area contributed by atoms with E-state index in [1.54, 1.807) is 0 Å². The second-order valence-corrected chi connectivity index (χ2v) is 6.52. The lowest BCUT2D eigenvalue weighted by Gasteiger charge is -2.07. The van der Waals surface area contributed by atoms with Crippen LogP contribution in [0.5, 0.6) is 0 Å². The number of aryl methyl sites for hydroxylation is 1. The van der Waals surface area contributed by atoms with E-state index in [-0.39, 0.29) is 5.91 Å². The smallest absolute Gasteiger partial charge is 0.220 e. The normalized spacial score (nSPS) is 11.9. The SMILES string of the molecule is NCCCCNC(=O)CCCc1ccc2c(c1)-c1ccccc1C2. The van der Waals surface area contributed by atoms with Gasteiger partial charge in [-0.1, -0.05) is 42.5 Å². The Morgan fingerprint density at radius 3 is 2.71 bits per heavy atom. The van der Waals surface area contributed by atoms with Gasteiger partial charge in [0.05, 0.1) is 0 Å². The first-order chi connectivity index (χ1) is 11.8. The molecule has 0 radical (unpaired) electrons. The highest BCUT2D eigenvalue weighted by molar-refractivity contribution is 5.77. The van der Waals surface area contributed by atoms with Gasteiger partial charge in [0, 0.05) is 13.0 Å². The topological polar surface area (TPSA) is 55.1 Å². The van der Waals surface area contributed by atoms with Gasteiger partial charge in [-0.15, -0.1) is 0 Å². The second-order valence-electron chi connectivity index (χ2n) is 6.52. The molecule has 3 rings (SSSR count). The lowest BCUT2D eigenvalue weighted by molar-refractivity contribution is -0.121. The molecule has 0 saturated carbocycles. The minimum absolute atomic E-state index is 0.151. The molecule has 0 aliphatic heterocycles. The van der Waals surface area contributed by atoms with Gasteiger partial charge in [-0.3, -0.25) is 4.79 Å². The van der Waals surface area contributed by atoms with Gasteiger partial charge in [0.15, 0.2) is 0 Å². The monoisotopic (exact) mass is 322 g/mol. The van der Waals surface area contributed by atoms with Crippen molar-refractivity contribution in [3.63, 3.8) is 0 Å². The Morgan fingerprint density at radius 1 is 1.00 bits per heavy atom. The third-order valence-electron chi connectivity index (χ3n) is 4.69. The van der Waals surface area contributed by atoms with E-state index in [0.717, 1.165) is 38.6 Å². The third kappa shape index (κ3) is 4.04. The average Bonchev–Trinajstić information content (AvgIpc) is 2.97. The minimum Gasteiger partial charge on any atom is -0.356 e. The predicted octanol–water partition coefficient (Wildman–Crippen LogP) is 3.44. The first-order valence-electron chi connectivity index (χ1n) is 8.95. The van der Waals surface area contributed by atoms with E-state index in [0.29, 0.717) is 13.0 Å². The highest BCUT2D eigenvalue weighted by Crippen LogP contribution is 2.36. The van der Waals surface area contributed by atoms with E-state index in [1.165, 1.54) is 27.8 Å². The van der Waals surface area contributed by atoms with Crippen LogP contribution in [-0.4, -0.2) is 19.0 Å². The molecule has 0 aromatic heterocycles. The molecule has 0 bridgehead atoms. The number of hydrogen-bond donors (Lipinski definition) is 2. The summed E-state index contributed by atoms with van der Waals surface area (Å²) in [5, 5.41) is 2.96. The maximum absolute atomic E-state index is 11.8. The Morgan fingerprint density at radius 2 is 1.83 bits per heavy atom. The molecule has 126 valence electrons. The molecule has 0 atom stereocenters. The zero-order valence-electron chi connectivity index (χ0n) is 14.2. The minimum atomic E-state index is 0.151. The molecule has 1 aliphatic carbocycles. The summed E-state index contributed by atoms with van der Waals surface area (Å²) in [6, 6.07) is 15.4. The first-order valence-corrected chi connectivity index (χ1v) is 8.95. The maximum atomic E-state index is 11.8. The van der Waals surface area contributed by atoms with E-state index in [4.69, 9.17) is 5.73 Å². The molecule has 3 heteroatoms. The predicted molar refractivity (Wildman–Crippen MR) is 98.9 cm³/mol. The number of rotatable bonds is 8. The highest BCUT2D eigenvalue weighted by Gasteiger charge is 2.17. The molecular formula is C21H26N2O. The summed E-state index contributed by atoms with van der Waals surface area (Å²) in [5.41, 5.74) is 12.3. The third-order valence-corrected chi connectivity index (χ3v) is 4.69. The maximum Gasteiger partial charge on any atom is 0.220 e. The highest BCUT2D eigenvalue weighted by atomic mass is 16.1. The van der Waals surface area contributed by atoms with Gasteiger partial charge in [-0.2, -0.15) is 0 Å². The Labute approximate surface area is 144 Å². The molecule has 0 saturated heterocycles. The van der Waals surface area contributed by atoms with Crippen molar-refractivity contribution < 1.29 is 4.79 Å². The van der Waals surface area contributed by atoms with Gasteiger partial charge >= 0.3 is 0 Å². The second kappa shape index (κ2) is 8.11. The van der Waals surface area contributed by atoms with Crippen LogP contribution < -0.4 is 11.1 Å². The molecule has 2 aromatic rings. The van der Waals surface area contributed by atoms with E-state index < -0.39 is 0 Å². The van der Waals surface area contributed by atoms with Crippen molar-refractivity contribution in [2.24, 2.45) is 5.73 Å². The Balaban J connectivity index is 1.50. The summed E-state index contributed by atoms with van der Waals surface area (Å²) in [4.78, 5) is 11.8. The van der Waals surface area contributed by atoms with E-state index >= 15 is 0 Å². The average molecular weight is 322 g/mol. The molecular weight excluding hydrogens is 296 g/mol. The zero-order chi connectivity index (χ0) is 16.8. The molecule has 1 amide bonds. The number of hydrogen-bond acceptors (Lipinski definition) is 2. The van der Waals surface area contributed by atoms with Crippen LogP contribution in [0.2, 0.25) is 0 Å². The fraction of sp³-hybridized carbons (Fsp3) is 0.381. The van der Waals surface area contributed by atoms with Crippen molar-refractivity contribution in [1.82, 2.24) is 5.32 Å². The van der Waals surface area contributed by atoms with E-state index in [2.05, 4.69) is 47.8 Å². The lowest BCUT2D eigenvalue weighted by Crippen LogP contribution is -2.24. The summed E-state index contributed by atoms with van der Waals surface area (Å²) in [7, 11) is 0. The molecule has 1 aliphatic rings. The van der Waals surface area contributed by atoms with Crippen LogP contribution in [0.4, 0.5) is 0 Å². The summed E-state index contributed by atoms with van der Waals surface area (Å²) in [6.45, 7) is 1.43. The number of nitrogens with two attached hydrogens (primary N) is 1. The van der Waals surface area contributed by atoms with Crippen molar-refractivity contribution in [3.8, 4) is 11.1 Å². The van der Waals surface area contributed by atoms with Crippen LogP contribution in [0, 0.1) is 0 Å². The number of unbranched alkanes of at least 4 members (excludes halogenated alkanes) is 1.